The first kappa shape index (κ1) is 49.0. The summed E-state index contributed by atoms with van der Waals surface area (Å²) in [4.78, 5) is 12.4. The van der Waals surface area contributed by atoms with Crippen molar-refractivity contribution >= 4 is 5.97 Å². The zero-order chi connectivity index (χ0) is 46.9. The van der Waals surface area contributed by atoms with E-state index in [1.165, 1.54) is 12.5 Å². The van der Waals surface area contributed by atoms with Gasteiger partial charge in [-0.2, -0.15) is 0 Å². The number of aliphatic hydroxyl groups excluding tert-OH is 9. The lowest BCUT2D eigenvalue weighted by Gasteiger charge is -2.72. The fraction of sp³-hybridized carbons (Fsp3) is 0.936. The van der Waals surface area contributed by atoms with Gasteiger partial charge in [-0.1, -0.05) is 60.1 Å². The molecule has 3 heterocycles. The number of ether oxygens (including phenoxy) is 6. The summed E-state index contributed by atoms with van der Waals surface area (Å²) in [6, 6.07) is 0. The van der Waals surface area contributed by atoms with Gasteiger partial charge in [-0.3, -0.25) is 0 Å². The number of carbonyl (C=O) groups is 1. The molecule has 8 aliphatic rings. The van der Waals surface area contributed by atoms with Crippen LogP contribution in [0, 0.1) is 50.2 Å². The Labute approximate surface area is 376 Å². The summed E-state index contributed by atoms with van der Waals surface area (Å²) in [5.41, 5.74) is 0.0929. The van der Waals surface area contributed by atoms with Gasteiger partial charge in [0.25, 0.3) is 0 Å². The van der Waals surface area contributed by atoms with Crippen LogP contribution in [0.25, 0.3) is 0 Å². The largest absolute Gasteiger partial charge is 0.479 e. The summed E-state index contributed by atoms with van der Waals surface area (Å²) in [6.45, 7) is 16.8. The summed E-state index contributed by atoms with van der Waals surface area (Å²) in [5.74, 6) is -1.05. The van der Waals surface area contributed by atoms with E-state index in [-0.39, 0.29) is 51.6 Å². The summed E-state index contributed by atoms with van der Waals surface area (Å²) < 4.78 is 36.1. The summed E-state index contributed by atoms with van der Waals surface area (Å²) in [5, 5.41) is 109. The van der Waals surface area contributed by atoms with E-state index in [1.807, 2.05) is 6.92 Å². The van der Waals surface area contributed by atoms with Crippen molar-refractivity contribution in [2.45, 2.75) is 211 Å². The number of aliphatic carboxylic acids is 1. The average molecular weight is 913 g/mol. The number of carboxylic acid groups (broad SMARTS) is 1. The quantitative estimate of drug-likeness (QED) is 0.122. The van der Waals surface area contributed by atoms with Crippen LogP contribution in [0.4, 0.5) is 0 Å². The number of fused-ring (bicyclic) bond motifs is 7. The molecule has 0 radical (unpaired) electrons. The van der Waals surface area contributed by atoms with E-state index in [0.29, 0.717) is 18.8 Å². The van der Waals surface area contributed by atoms with E-state index in [4.69, 9.17) is 28.4 Å². The van der Waals surface area contributed by atoms with Gasteiger partial charge in [-0.05, 0) is 104 Å². The molecule has 4 saturated carbocycles. The molecule has 16 unspecified atom stereocenters. The highest BCUT2D eigenvalue weighted by atomic mass is 16.8. The Morgan fingerprint density at radius 1 is 0.703 bits per heavy atom. The van der Waals surface area contributed by atoms with Crippen LogP contribution in [0.5, 0.6) is 0 Å². The van der Waals surface area contributed by atoms with E-state index in [1.54, 1.807) is 0 Å². The third-order valence-corrected chi connectivity index (χ3v) is 19.1. The van der Waals surface area contributed by atoms with Gasteiger partial charge >= 0.3 is 5.97 Å². The molecule has 5 aliphatic carbocycles. The normalized spacial score (nSPS) is 56.1. The molecular weight excluding hydrogens is 837 g/mol. The van der Waals surface area contributed by atoms with Crippen LogP contribution < -0.4 is 0 Å². The van der Waals surface area contributed by atoms with Crippen molar-refractivity contribution in [3.8, 4) is 0 Å². The van der Waals surface area contributed by atoms with Crippen molar-refractivity contribution in [1.82, 2.24) is 0 Å². The Bertz CT molecular complexity index is 1760. The van der Waals surface area contributed by atoms with Gasteiger partial charge in [0.1, 0.15) is 54.9 Å². The van der Waals surface area contributed by atoms with E-state index in [2.05, 4.69) is 47.6 Å². The predicted octanol–water partition coefficient (Wildman–Crippen LogP) is 1.34. The lowest BCUT2D eigenvalue weighted by Crippen LogP contribution is -2.68. The molecule has 3 aliphatic heterocycles. The molecule has 0 aromatic heterocycles. The van der Waals surface area contributed by atoms with E-state index < -0.39 is 110 Å². The number of carboxylic acids is 1. The number of rotatable bonds is 8. The minimum absolute atomic E-state index is 0.0286. The van der Waals surface area contributed by atoms with Crippen LogP contribution >= 0.6 is 0 Å². The summed E-state index contributed by atoms with van der Waals surface area (Å²) in [6.07, 6.45) is -14.5. The zero-order valence-electron chi connectivity index (χ0n) is 38.7. The van der Waals surface area contributed by atoms with Crippen LogP contribution in [-0.4, -0.2) is 168 Å². The molecule has 10 N–H and O–H groups in total. The van der Waals surface area contributed by atoms with E-state index >= 15 is 0 Å². The topological polar surface area (TPSA) is 275 Å². The number of aliphatic hydroxyl groups is 9. The highest BCUT2D eigenvalue weighted by Crippen LogP contribution is 2.76. The first-order valence-electron chi connectivity index (χ1n) is 23.7. The molecule has 0 amide bonds. The van der Waals surface area contributed by atoms with Crippen LogP contribution in [0.3, 0.4) is 0 Å². The van der Waals surface area contributed by atoms with E-state index in [9.17, 15) is 55.9 Å². The first-order chi connectivity index (χ1) is 29.8. The molecule has 0 bridgehead atoms. The predicted molar refractivity (Wildman–Crippen MR) is 225 cm³/mol. The van der Waals surface area contributed by atoms with E-state index in [0.717, 1.165) is 44.9 Å². The minimum Gasteiger partial charge on any atom is -0.479 e. The smallest absolute Gasteiger partial charge is 0.335 e. The van der Waals surface area contributed by atoms with Crippen molar-refractivity contribution in [2.24, 2.45) is 50.2 Å². The molecule has 0 aromatic rings. The minimum atomic E-state index is -2.01. The maximum Gasteiger partial charge on any atom is 0.335 e. The summed E-state index contributed by atoms with van der Waals surface area (Å²) in [7, 11) is 0. The maximum atomic E-state index is 12.4. The second-order valence-electron chi connectivity index (χ2n) is 23.2. The molecule has 17 heteroatoms. The Morgan fingerprint density at radius 2 is 1.38 bits per heavy atom. The Hall–Kier alpha value is -1.39. The second kappa shape index (κ2) is 16.9. The van der Waals surface area contributed by atoms with Gasteiger partial charge in [0.15, 0.2) is 25.0 Å². The van der Waals surface area contributed by atoms with Crippen molar-refractivity contribution in [3.05, 3.63) is 11.6 Å². The van der Waals surface area contributed by atoms with Crippen LogP contribution in [0.1, 0.15) is 113 Å². The molecule has 366 valence electrons. The second-order valence-corrected chi connectivity index (χ2v) is 23.2. The number of hydrogen-bond donors (Lipinski definition) is 10. The molecule has 3 saturated heterocycles. The lowest BCUT2D eigenvalue weighted by molar-refractivity contribution is -0.387. The van der Waals surface area contributed by atoms with Crippen LogP contribution in [-0.2, 0) is 33.2 Å². The lowest BCUT2D eigenvalue weighted by atomic mass is 9.33. The van der Waals surface area contributed by atoms with Crippen molar-refractivity contribution < 1.29 is 84.3 Å². The number of hydrogen-bond acceptors (Lipinski definition) is 16. The Morgan fingerprint density at radius 3 is 2.05 bits per heavy atom. The van der Waals surface area contributed by atoms with Gasteiger partial charge in [-0.25, -0.2) is 4.79 Å². The number of allylic oxidation sites excluding steroid dienone is 2. The molecular formula is C47H76O17. The zero-order valence-corrected chi connectivity index (χ0v) is 38.7. The van der Waals surface area contributed by atoms with Gasteiger partial charge < -0.3 is 79.5 Å². The molecule has 8 rings (SSSR count). The monoisotopic (exact) mass is 913 g/mol. The SMILES string of the molecule is CC1OC(OC2C(OC3C(O[C@H]4CC[C@@]5(C)C(CC[C@]6(C)C5CC=C5[C@@H]7CC(C)(C)C[C@@H](O)[C@]7(C)CC[C@]56C)[C@@]4(C)CO)OC(C(=O)O)C(O)C3O)OCC(O)C2O)C(O)C(O)C1O. The molecule has 0 aromatic carbocycles. The molecule has 17 nitrogen and oxygen atoms in total. The van der Waals surface area contributed by atoms with Crippen LogP contribution in [0.15, 0.2) is 11.6 Å². The summed E-state index contributed by atoms with van der Waals surface area (Å²) >= 11 is 0. The van der Waals surface area contributed by atoms with Crippen molar-refractivity contribution in [1.29, 1.82) is 0 Å². The standard InChI is InChI=1S/C47H76O17/c1-21-29(51)31(53)34(56)39(60-21)63-36-30(52)24(49)19-59-40(36)64-37-33(55)32(54)35(38(57)58)62-41(37)61-28-12-13-44(5)25(45(28,6)20-48)11-14-47(8)26(44)10-9-22-23-17-42(2,3)18-27(50)43(23,4)15-16-46(22,47)7/h9,21,23-37,39-41,48-56H,10-20H2,1-8H3,(H,57,58)/t21?,23-,24?,25?,26?,27+,28-,29?,30?,31?,32?,33?,34?,35?,36?,37?,39?,40?,41?,43+,44-,45+,46+,47+/m0/s1. The highest BCUT2D eigenvalue weighted by molar-refractivity contribution is 5.73. The third kappa shape index (κ3) is 7.49. The fourth-order valence-corrected chi connectivity index (χ4v) is 14.8. The van der Waals surface area contributed by atoms with Gasteiger partial charge in [-0.15, -0.1) is 0 Å². The molecule has 7 fully saturated rings. The van der Waals surface area contributed by atoms with Gasteiger partial charge in [0.05, 0.1) is 31.5 Å². The van der Waals surface area contributed by atoms with Crippen molar-refractivity contribution in [2.75, 3.05) is 13.2 Å². The van der Waals surface area contributed by atoms with Crippen LogP contribution in [0.2, 0.25) is 0 Å². The Kier molecular flexibility index (Phi) is 13.0. The molecule has 64 heavy (non-hydrogen) atoms. The third-order valence-electron chi connectivity index (χ3n) is 19.1. The van der Waals surface area contributed by atoms with Gasteiger partial charge in [0.2, 0.25) is 0 Å². The average Bonchev–Trinajstić information content (AvgIpc) is 3.22. The Balaban J connectivity index is 1.06. The van der Waals surface area contributed by atoms with Crippen molar-refractivity contribution in [3.63, 3.8) is 0 Å². The van der Waals surface area contributed by atoms with Gasteiger partial charge in [0, 0.05) is 10.8 Å². The first-order valence-corrected chi connectivity index (χ1v) is 23.7. The molecule has 0 spiro atoms. The maximum absolute atomic E-state index is 12.4. The molecule has 24 atom stereocenters. The highest BCUT2D eigenvalue weighted by Gasteiger charge is 2.70. The fourth-order valence-electron chi connectivity index (χ4n) is 14.8.